The first-order valence-corrected chi connectivity index (χ1v) is 13.7. The Hall–Kier alpha value is -4.91. The predicted octanol–water partition coefficient (Wildman–Crippen LogP) is 2.97. The molecule has 3 amide bonds. The minimum absolute atomic E-state index is 0.0590. The zero-order chi connectivity index (χ0) is 29.1. The lowest BCUT2D eigenvalue weighted by molar-refractivity contribution is -0.118. The quantitative estimate of drug-likeness (QED) is 0.308. The second kappa shape index (κ2) is 11.9. The van der Waals surface area contributed by atoms with E-state index in [1.54, 1.807) is 18.2 Å². The van der Waals surface area contributed by atoms with Crippen LogP contribution >= 0.6 is 0 Å². The van der Waals surface area contributed by atoms with Crippen LogP contribution in [0.15, 0.2) is 54.6 Å². The molecule has 218 valence electrons. The van der Waals surface area contributed by atoms with E-state index >= 15 is 0 Å². The average Bonchev–Trinajstić information content (AvgIpc) is 3.34. The lowest BCUT2D eigenvalue weighted by atomic mass is 10.0. The standard InChI is InChI=1S/C29H30N6O7/c36-25-17-40-23-7-8-24(32-27(23)33-25)35-15-21(42-29(35)39)9-10-30-12-18-3-1-4-20(11-18)22-5-2-6-26(31-22)41-16-19-13-34(14-19)28(37)38/h1-8,11,19,21,30H,9-10,12-17H2,(H,37,38)(H,32,33,36)/t21-/m0/s1. The molecule has 6 rings (SSSR count). The maximum atomic E-state index is 12.5. The SMILES string of the molecule is O=C1COc2ccc(N3C[C@H](CCNCc4cccc(-c5cccc(OCC6CN(C(=O)O)C6)n5)c4)OC3=O)nc2N1. The molecule has 0 unspecified atom stereocenters. The van der Waals surface area contributed by atoms with Gasteiger partial charge in [-0.2, -0.15) is 0 Å². The molecule has 0 saturated carbocycles. The van der Waals surface area contributed by atoms with Gasteiger partial charge in [-0.3, -0.25) is 9.69 Å². The molecule has 3 aliphatic heterocycles. The van der Waals surface area contributed by atoms with Crippen LogP contribution in [0.1, 0.15) is 12.0 Å². The molecule has 13 nitrogen and oxygen atoms in total. The van der Waals surface area contributed by atoms with E-state index in [2.05, 4.69) is 26.7 Å². The Labute approximate surface area is 241 Å². The largest absolute Gasteiger partial charge is 0.480 e. The first kappa shape index (κ1) is 27.3. The Morgan fingerprint density at radius 1 is 1.10 bits per heavy atom. The van der Waals surface area contributed by atoms with Gasteiger partial charge in [-0.1, -0.05) is 24.3 Å². The van der Waals surface area contributed by atoms with Gasteiger partial charge in [0.05, 0.1) is 18.8 Å². The molecule has 2 fully saturated rings. The number of hydrogen-bond donors (Lipinski definition) is 3. The third-order valence-electron chi connectivity index (χ3n) is 7.22. The van der Waals surface area contributed by atoms with Gasteiger partial charge in [0.25, 0.3) is 5.91 Å². The van der Waals surface area contributed by atoms with Gasteiger partial charge in [-0.15, -0.1) is 0 Å². The zero-order valence-electron chi connectivity index (χ0n) is 22.7. The van der Waals surface area contributed by atoms with Gasteiger partial charge in [0.1, 0.15) is 11.9 Å². The number of nitrogens with zero attached hydrogens (tertiary/aromatic N) is 4. The van der Waals surface area contributed by atoms with Crippen LogP contribution in [-0.2, 0) is 16.1 Å². The number of nitrogens with one attached hydrogen (secondary N) is 2. The van der Waals surface area contributed by atoms with Crippen molar-refractivity contribution >= 4 is 29.7 Å². The number of rotatable bonds is 10. The van der Waals surface area contributed by atoms with Crippen LogP contribution in [0.3, 0.4) is 0 Å². The van der Waals surface area contributed by atoms with E-state index in [0.29, 0.717) is 69.0 Å². The lowest BCUT2D eigenvalue weighted by Crippen LogP contribution is -2.51. The van der Waals surface area contributed by atoms with E-state index in [1.165, 1.54) is 9.80 Å². The number of anilines is 2. The molecule has 5 heterocycles. The third kappa shape index (κ3) is 6.20. The van der Waals surface area contributed by atoms with E-state index in [1.807, 2.05) is 30.3 Å². The highest BCUT2D eigenvalue weighted by Crippen LogP contribution is 2.30. The summed E-state index contributed by atoms with van der Waals surface area (Å²) in [5, 5.41) is 15.0. The zero-order valence-corrected chi connectivity index (χ0v) is 22.7. The molecule has 1 atom stereocenters. The van der Waals surface area contributed by atoms with Gasteiger partial charge < -0.3 is 34.9 Å². The third-order valence-corrected chi connectivity index (χ3v) is 7.22. The van der Waals surface area contributed by atoms with Gasteiger partial charge in [-0.05, 0) is 42.8 Å². The number of carbonyl (C=O) groups excluding carboxylic acids is 2. The molecule has 42 heavy (non-hydrogen) atoms. The minimum Gasteiger partial charge on any atom is -0.480 e. The summed E-state index contributed by atoms with van der Waals surface area (Å²) in [6.07, 6.45) is -1.04. The Morgan fingerprint density at radius 3 is 2.81 bits per heavy atom. The molecule has 3 aliphatic rings. The number of benzene rings is 1. The van der Waals surface area contributed by atoms with Crippen LogP contribution in [0.25, 0.3) is 11.3 Å². The van der Waals surface area contributed by atoms with Crippen LogP contribution < -0.4 is 25.0 Å². The van der Waals surface area contributed by atoms with Crippen LogP contribution in [0.2, 0.25) is 0 Å². The molecule has 2 saturated heterocycles. The molecule has 3 N–H and O–H groups in total. The monoisotopic (exact) mass is 574 g/mol. The van der Waals surface area contributed by atoms with Crippen molar-refractivity contribution in [2.45, 2.75) is 19.1 Å². The number of carboxylic acid groups (broad SMARTS) is 1. The van der Waals surface area contributed by atoms with E-state index in [0.717, 1.165) is 16.8 Å². The second-order valence-corrected chi connectivity index (χ2v) is 10.4. The Morgan fingerprint density at radius 2 is 1.95 bits per heavy atom. The van der Waals surface area contributed by atoms with Crippen molar-refractivity contribution in [3.05, 3.63) is 60.2 Å². The number of fused-ring (bicyclic) bond motifs is 1. The summed E-state index contributed by atoms with van der Waals surface area (Å²) in [7, 11) is 0. The van der Waals surface area contributed by atoms with E-state index < -0.39 is 12.2 Å². The maximum absolute atomic E-state index is 12.5. The van der Waals surface area contributed by atoms with Crippen molar-refractivity contribution < 1.29 is 33.7 Å². The second-order valence-electron chi connectivity index (χ2n) is 10.4. The van der Waals surface area contributed by atoms with Crippen molar-refractivity contribution in [1.82, 2.24) is 20.2 Å². The van der Waals surface area contributed by atoms with Gasteiger partial charge in [0.2, 0.25) is 5.88 Å². The van der Waals surface area contributed by atoms with Crippen molar-refractivity contribution in [2.24, 2.45) is 5.92 Å². The highest BCUT2D eigenvalue weighted by atomic mass is 16.6. The molecular formula is C29H30N6O7. The molecule has 0 radical (unpaired) electrons. The van der Waals surface area contributed by atoms with Gasteiger partial charge >= 0.3 is 12.2 Å². The van der Waals surface area contributed by atoms with Gasteiger partial charge in [0.15, 0.2) is 18.2 Å². The first-order chi connectivity index (χ1) is 20.4. The van der Waals surface area contributed by atoms with Crippen LogP contribution in [-0.4, -0.2) is 83.6 Å². The topological polar surface area (TPSA) is 155 Å². The minimum atomic E-state index is -0.901. The number of pyridine rings is 2. The summed E-state index contributed by atoms with van der Waals surface area (Å²) in [5.41, 5.74) is 2.83. The fraction of sp³-hybridized carbons (Fsp3) is 0.345. The average molecular weight is 575 g/mol. The molecule has 0 aliphatic carbocycles. The number of carbonyl (C=O) groups is 3. The van der Waals surface area contributed by atoms with Crippen molar-refractivity contribution in [1.29, 1.82) is 0 Å². The maximum Gasteiger partial charge on any atom is 0.415 e. The van der Waals surface area contributed by atoms with Gasteiger partial charge in [0, 0.05) is 37.2 Å². The lowest BCUT2D eigenvalue weighted by Gasteiger charge is -2.36. The normalized spacial score (nSPS) is 18.0. The van der Waals surface area contributed by atoms with Crippen LogP contribution in [0, 0.1) is 5.92 Å². The fourth-order valence-electron chi connectivity index (χ4n) is 4.99. The van der Waals surface area contributed by atoms with E-state index in [4.69, 9.17) is 19.3 Å². The first-order valence-electron chi connectivity index (χ1n) is 13.7. The molecule has 0 spiro atoms. The van der Waals surface area contributed by atoms with Crippen LogP contribution in [0.4, 0.5) is 21.2 Å². The van der Waals surface area contributed by atoms with Crippen molar-refractivity contribution in [2.75, 3.05) is 49.6 Å². The molecule has 3 aromatic rings. The molecule has 2 aromatic heterocycles. The summed E-state index contributed by atoms with van der Waals surface area (Å²) in [6, 6.07) is 17.0. The van der Waals surface area contributed by atoms with E-state index in [9.17, 15) is 14.4 Å². The molecule has 13 heteroatoms. The Kier molecular flexibility index (Phi) is 7.73. The highest BCUT2D eigenvalue weighted by Gasteiger charge is 2.34. The summed E-state index contributed by atoms with van der Waals surface area (Å²) in [5.74, 6) is 1.55. The van der Waals surface area contributed by atoms with Gasteiger partial charge in [-0.25, -0.2) is 19.6 Å². The molecular weight excluding hydrogens is 544 g/mol. The number of hydrogen-bond acceptors (Lipinski definition) is 9. The summed E-state index contributed by atoms with van der Waals surface area (Å²) in [4.78, 5) is 46.8. The number of likely N-dealkylation sites (tertiary alicyclic amines) is 1. The number of aromatic nitrogens is 2. The van der Waals surface area contributed by atoms with Crippen molar-refractivity contribution in [3.63, 3.8) is 0 Å². The highest BCUT2D eigenvalue weighted by molar-refractivity contribution is 5.95. The van der Waals surface area contributed by atoms with E-state index in [-0.39, 0.29) is 24.5 Å². The summed E-state index contributed by atoms with van der Waals surface area (Å²) >= 11 is 0. The predicted molar refractivity (Wildman–Crippen MR) is 151 cm³/mol. The number of ether oxygens (including phenoxy) is 3. The molecule has 0 bridgehead atoms. The summed E-state index contributed by atoms with van der Waals surface area (Å²) in [6.45, 7) is 2.95. The fourth-order valence-corrected chi connectivity index (χ4v) is 4.99. The number of amides is 3. The Bertz CT molecular complexity index is 1490. The Balaban J connectivity index is 0.970. The van der Waals surface area contributed by atoms with Crippen molar-refractivity contribution in [3.8, 4) is 22.9 Å². The molecule has 1 aromatic carbocycles. The van der Waals surface area contributed by atoms with Crippen LogP contribution in [0.5, 0.6) is 11.6 Å². The smallest absolute Gasteiger partial charge is 0.415 e. The summed E-state index contributed by atoms with van der Waals surface area (Å²) < 4.78 is 16.7. The number of cyclic esters (lactones) is 1.